The minimum absolute atomic E-state index is 0.787. The van der Waals surface area contributed by atoms with Gasteiger partial charge >= 0.3 is 0 Å². The summed E-state index contributed by atoms with van der Waals surface area (Å²) in [7, 11) is 0. The van der Waals surface area contributed by atoms with Crippen molar-refractivity contribution in [3.05, 3.63) is 23.5 Å². The third-order valence-corrected chi connectivity index (χ3v) is 1.99. The monoisotopic (exact) mass is 164 g/mol. The molecule has 0 aliphatic heterocycles. The van der Waals surface area contributed by atoms with Gasteiger partial charge in [-0.05, 0) is 31.4 Å². The summed E-state index contributed by atoms with van der Waals surface area (Å²) in [6, 6.07) is 2.07. The lowest BCUT2D eigenvalue weighted by Gasteiger charge is -2.02. The Balaban J connectivity index is 2.69. The van der Waals surface area contributed by atoms with Gasteiger partial charge in [0.05, 0.1) is 11.9 Å². The molecule has 0 unspecified atom stereocenters. The molecule has 0 aliphatic rings. The van der Waals surface area contributed by atoms with E-state index in [-0.39, 0.29) is 0 Å². The van der Waals surface area contributed by atoms with Gasteiger partial charge in [0.15, 0.2) is 0 Å². The Morgan fingerprint density at radius 2 is 2.25 bits per heavy atom. The lowest BCUT2D eigenvalue weighted by atomic mass is 10.1. The van der Waals surface area contributed by atoms with E-state index < -0.39 is 0 Å². The normalized spacial score (nSPS) is 10.2. The fourth-order valence-corrected chi connectivity index (χ4v) is 1.12. The molecule has 0 saturated carbocycles. The highest BCUT2D eigenvalue weighted by Gasteiger charge is 1.97. The van der Waals surface area contributed by atoms with Crippen LogP contribution >= 0.6 is 0 Å². The Bertz CT molecular complexity index is 256. The van der Waals surface area contributed by atoms with Crippen LogP contribution in [-0.2, 0) is 6.42 Å². The third-order valence-electron chi connectivity index (χ3n) is 1.99. The van der Waals surface area contributed by atoms with Crippen LogP contribution in [0.15, 0.2) is 12.3 Å². The Morgan fingerprint density at radius 3 is 2.83 bits per heavy atom. The molecule has 0 bridgehead atoms. The van der Waals surface area contributed by atoms with Crippen molar-refractivity contribution in [2.24, 2.45) is 0 Å². The van der Waals surface area contributed by atoms with E-state index in [1.165, 1.54) is 12.8 Å². The highest BCUT2D eigenvalue weighted by molar-refractivity contribution is 5.44. The Kier molecular flexibility index (Phi) is 3.09. The fraction of sp³-hybridized carbons (Fsp3) is 0.500. The van der Waals surface area contributed by atoms with Crippen LogP contribution in [0.5, 0.6) is 0 Å². The molecule has 2 heteroatoms. The summed E-state index contributed by atoms with van der Waals surface area (Å²) in [6.07, 6.45) is 5.24. The number of rotatable bonds is 3. The maximum atomic E-state index is 5.65. The molecule has 1 rings (SSSR count). The van der Waals surface area contributed by atoms with E-state index in [2.05, 4.69) is 18.0 Å². The van der Waals surface area contributed by atoms with Gasteiger partial charge in [0.1, 0.15) is 0 Å². The number of aryl methyl sites for hydroxylation is 2. The second-order valence-electron chi connectivity index (χ2n) is 3.14. The summed E-state index contributed by atoms with van der Waals surface area (Å²) < 4.78 is 0. The van der Waals surface area contributed by atoms with Gasteiger partial charge in [-0.15, -0.1) is 0 Å². The summed E-state index contributed by atoms with van der Waals surface area (Å²) in [5.41, 5.74) is 8.73. The lowest BCUT2D eigenvalue weighted by Crippen LogP contribution is -1.95. The maximum absolute atomic E-state index is 5.65. The molecule has 1 heterocycles. The first-order chi connectivity index (χ1) is 5.74. The van der Waals surface area contributed by atoms with Gasteiger partial charge in [0, 0.05) is 5.69 Å². The van der Waals surface area contributed by atoms with E-state index in [1.807, 2.05) is 6.92 Å². The van der Waals surface area contributed by atoms with Gasteiger partial charge < -0.3 is 5.73 Å². The van der Waals surface area contributed by atoms with Crippen LogP contribution in [0.2, 0.25) is 0 Å². The first-order valence-corrected chi connectivity index (χ1v) is 4.45. The molecular weight excluding hydrogens is 148 g/mol. The topological polar surface area (TPSA) is 38.9 Å². The number of nitrogens with zero attached hydrogens (tertiary/aromatic N) is 1. The van der Waals surface area contributed by atoms with Crippen LogP contribution in [-0.4, -0.2) is 4.98 Å². The van der Waals surface area contributed by atoms with E-state index >= 15 is 0 Å². The van der Waals surface area contributed by atoms with E-state index in [4.69, 9.17) is 5.73 Å². The molecule has 2 nitrogen and oxygen atoms in total. The molecule has 1 aromatic heterocycles. The number of nitrogens with two attached hydrogens (primary N) is 1. The largest absolute Gasteiger partial charge is 0.397 e. The van der Waals surface area contributed by atoms with Gasteiger partial charge in [-0.1, -0.05) is 13.3 Å². The number of unbranched alkanes of at least 4 members (excludes halogenated alkanes) is 1. The Hall–Kier alpha value is -1.05. The van der Waals surface area contributed by atoms with Crippen molar-refractivity contribution >= 4 is 5.69 Å². The second-order valence-corrected chi connectivity index (χ2v) is 3.14. The number of pyridine rings is 1. The van der Waals surface area contributed by atoms with E-state index in [9.17, 15) is 0 Å². The first-order valence-electron chi connectivity index (χ1n) is 4.45. The molecular formula is C10H16N2. The molecule has 0 atom stereocenters. The van der Waals surface area contributed by atoms with Crippen molar-refractivity contribution in [1.29, 1.82) is 0 Å². The summed E-state index contributed by atoms with van der Waals surface area (Å²) >= 11 is 0. The van der Waals surface area contributed by atoms with Crippen molar-refractivity contribution in [2.45, 2.75) is 33.1 Å². The number of hydrogen-bond donors (Lipinski definition) is 1. The zero-order valence-corrected chi connectivity index (χ0v) is 7.80. The van der Waals surface area contributed by atoms with Crippen molar-refractivity contribution in [2.75, 3.05) is 5.73 Å². The van der Waals surface area contributed by atoms with Crippen LogP contribution in [0.1, 0.15) is 31.0 Å². The maximum Gasteiger partial charge on any atom is 0.0530 e. The zero-order valence-electron chi connectivity index (χ0n) is 7.80. The molecule has 66 valence electrons. The molecule has 12 heavy (non-hydrogen) atoms. The summed E-state index contributed by atoms with van der Waals surface area (Å²) in [5.74, 6) is 0. The summed E-state index contributed by atoms with van der Waals surface area (Å²) in [4.78, 5) is 4.25. The van der Waals surface area contributed by atoms with Gasteiger partial charge in [-0.25, -0.2) is 0 Å². The Labute approximate surface area is 73.8 Å². The molecule has 0 spiro atoms. The molecule has 0 amide bonds. The Morgan fingerprint density at radius 1 is 1.50 bits per heavy atom. The number of hydrogen-bond acceptors (Lipinski definition) is 2. The van der Waals surface area contributed by atoms with E-state index in [0.29, 0.717) is 0 Å². The summed E-state index contributed by atoms with van der Waals surface area (Å²) in [6.45, 7) is 4.20. The van der Waals surface area contributed by atoms with Gasteiger partial charge in [-0.2, -0.15) is 0 Å². The van der Waals surface area contributed by atoms with Crippen LogP contribution in [0.4, 0.5) is 5.69 Å². The predicted octanol–water partition coefficient (Wildman–Crippen LogP) is 2.31. The average Bonchev–Trinajstić information content (AvgIpc) is 2.07. The molecule has 0 aliphatic carbocycles. The third kappa shape index (κ3) is 2.22. The summed E-state index contributed by atoms with van der Waals surface area (Å²) in [5, 5.41) is 0. The minimum Gasteiger partial charge on any atom is -0.397 e. The molecule has 0 radical (unpaired) electrons. The standard InChI is InChI=1S/C10H16N2/c1-3-4-5-9-6-8(2)10(11)7-12-9/h6-7H,3-5,11H2,1-2H3. The van der Waals surface area contributed by atoms with Crippen LogP contribution in [0.3, 0.4) is 0 Å². The lowest BCUT2D eigenvalue weighted by molar-refractivity contribution is 0.776. The molecule has 0 saturated heterocycles. The zero-order chi connectivity index (χ0) is 8.97. The van der Waals surface area contributed by atoms with Gasteiger partial charge in [-0.3, -0.25) is 4.98 Å². The van der Waals surface area contributed by atoms with Crippen molar-refractivity contribution in [1.82, 2.24) is 4.98 Å². The molecule has 0 aromatic carbocycles. The predicted molar refractivity (Wildman–Crippen MR) is 52.0 cm³/mol. The van der Waals surface area contributed by atoms with Crippen LogP contribution < -0.4 is 5.73 Å². The van der Waals surface area contributed by atoms with Crippen molar-refractivity contribution in [3.63, 3.8) is 0 Å². The van der Waals surface area contributed by atoms with Gasteiger partial charge in [0.25, 0.3) is 0 Å². The first kappa shape index (κ1) is 9.04. The van der Waals surface area contributed by atoms with Crippen molar-refractivity contribution in [3.8, 4) is 0 Å². The number of aromatic nitrogens is 1. The fourth-order valence-electron chi connectivity index (χ4n) is 1.12. The molecule has 0 fully saturated rings. The number of anilines is 1. The van der Waals surface area contributed by atoms with Crippen LogP contribution in [0, 0.1) is 6.92 Å². The minimum atomic E-state index is 0.787. The highest BCUT2D eigenvalue weighted by Crippen LogP contribution is 2.11. The van der Waals surface area contributed by atoms with E-state index in [0.717, 1.165) is 23.4 Å². The molecule has 2 N–H and O–H groups in total. The van der Waals surface area contributed by atoms with Crippen molar-refractivity contribution < 1.29 is 0 Å². The highest BCUT2D eigenvalue weighted by atomic mass is 14.7. The smallest absolute Gasteiger partial charge is 0.0530 e. The average molecular weight is 164 g/mol. The van der Waals surface area contributed by atoms with Gasteiger partial charge in [0.2, 0.25) is 0 Å². The SMILES string of the molecule is CCCCc1cc(C)c(N)cn1. The van der Waals surface area contributed by atoms with E-state index in [1.54, 1.807) is 6.20 Å². The van der Waals surface area contributed by atoms with Crippen LogP contribution in [0.25, 0.3) is 0 Å². The molecule has 1 aromatic rings. The quantitative estimate of drug-likeness (QED) is 0.744. The number of nitrogen functional groups attached to an aromatic ring is 1. The second kappa shape index (κ2) is 4.10.